The zero-order valence-corrected chi connectivity index (χ0v) is 12.4. The van der Waals surface area contributed by atoms with E-state index in [0.29, 0.717) is 23.1 Å². The van der Waals surface area contributed by atoms with E-state index in [1.54, 1.807) is 12.1 Å². The number of benzene rings is 1. The normalized spacial score (nSPS) is 24.3. The van der Waals surface area contributed by atoms with Gasteiger partial charge in [0.1, 0.15) is 5.70 Å². The monoisotopic (exact) mass is 316 g/mol. The molecule has 3 atom stereocenters. The van der Waals surface area contributed by atoms with Crippen LogP contribution in [0.4, 0.5) is 0 Å². The van der Waals surface area contributed by atoms with Crippen LogP contribution >= 0.6 is 0 Å². The molecule has 7 nitrogen and oxygen atoms in total. The third-order valence-corrected chi connectivity index (χ3v) is 4.45. The number of aliphatic hydroxyl groups excluding tert-OH is 1. The van der Waals surface area contributed by atoms with Crippen LogP contribution < -0.4 is 5.73 Å². The van der Waals surface area contributed by atoms with Crippen LogP contribution in [0.5, 0.6) is 0 Å². The first-order valence-electron chi connectivity index (χ1n) is 7.20. The Labute approximate surface area is 132 Å². The summed E-state index contributed by atoms with van der Waals surface area (Å²) in [5, 5.41) is 19.2. The van der Waals surface area contributed by atoms with Gasteiger partial charge in [-0.15, -0.1) is 0 Å². The molecule has 1 aromatic carbocycles. The van der Waals surface area contributed by atoms with Gasteiger partial charge in [-0.25, -0.2) is 4.79 Å². The Kier molecular flexibility index (Phi) is 3.45. The van der Waals surface area contributed by atoms with E-state index in [0.717, 1.165) is 0 Å². The molecule has 0 radical (unpaired) electrons. The highest BCUT2D eigenvalue weighted by Gasteiger charge is 2.56. The van der Waals surface area contributed by atoms with Gasteiger partial charge in [0.15, 0.2) is 0 Å². The zero-order chi connectivity index (χ0) is 16.9. The van der Waals surface area contributed by atoms with Crippen molar-refractivity contribution in [3.05, 3.63) is 41.1 Å². The van der Waals surface area contributed by atoms with Crippen molar-refractivity contribution in [3.63, 3.8) is 0 Å². The van der Waals surface area contributed by atoms with E-state index < -0.39 is 23.9 Å². The van der Waals surface area contributed by atoms with Gasteiger partial charge in [0.25, 0.3) is 0 Å². The number of carbonyl (C=O) groups is 3. The number of carboxylic acid groups (broad SMARTS) is 1. The Hall–Kier alpha value is -2.67. The van der Waals surface area contributed by atoms with Gasteiger partial charge in [-0.05, 0) is 36.6 Å². The second-order valence-electron chi connectivity index (χ2n) is 5.82. The fraction of sp³-hybridized carbons (Fsp3) is 0.312. The number of hydrogen-bond donors (Lipinski definition) is 3. The summed E-state index contributed by atoms with van der Waals surface area (Å²) in [6.45, 7) is 1.53. The maximum absolute atomic E-state index is 12.1. The molecular formula is C16H16N2O5. The molecule has 0 aliphatic carbocycles. The van der Waals surface area contributed by atoms with E-state index in [9.17, 15) is 24.6 Å². The summed E-state index contributed by atoms with van der Waals surface area (Å²) >= 11 is 0. The fourth-order valence-electron chi connectivity index (χ4n) is 3.36. The number of hydrogen-bond acceptors (Lipinski definition) is 4. The van der Waals surface area contributed by atoms with Crippen molar-refractivity contribution < 1.29 is 24.6 Å². The highest BCUT2D eigenvalue weighted by atomic mass is 16.4. The topological polar surface area (TPSA) is 121 Å². The van der Waals surface area contributed by atoms with Crippen LogP contribution in [-0.4, -0.2) is 45.0 Å². The van der Waals surface area contributed by atoms with Crippen LogP contribution in [0.1, 0.15) is 29.3 Å². The molecule has 0 bridgehead atoms. The molecule has 1 fully saturated rings. The van der Waals surface area contributed by atoms with Crippen LogP contribution in [0.2, 0.25) is 0 Å². The smallest absolute Gasteiger partial charge is 0.352 e. The van der Waals surface area contributed by atoms with Crippen LogP contribution in [0.15, 0.2) is 30.0 Å². The van der Waals surface area contributed by atoms with E-state index in [1.807, 2.05) is 0 Å². The molecule has 1 aromatic rings. The summed E-state index contributed by atoms with van der Waals surface area (Å²) in [4.78, 5) is 36.1. The number of nitrogens with two attached hydrogens (primary N) is 1. The molecule has 2 aliphatic heterocycles. The third kappa shape index (κ3) is 2.20. The molecule has 0 saturated carbocycles. The van der Waals surface area contributed by atoms with Gasteiger partial charge in [-0.1, -0.05) is 12.1 Å². The molecule has 1 saturated heterocycles. The van der Waals surface area contributed by atoms with Gasteiger partial charge >= 0.3 is 5.97 Å². The van der Waals surface area contributed by atoms with Crippen molar-refractivity contribution in [2.75, 3.05) is 0 Å². The number of amides is 2. The lowest BCUT2D eigenvalue weighted by Gasteiger charge is -2.44. The SMILES string of the molecule is C[C@@H](O)[C@H]1C(=O)N2C(C(=O)O)=C(c3ccc(C(N)=O)cc3)C[C@H]12. The molecule has 0 unspecified atom stereocenters. The number of primary amides is 1. The lowest BCUT2D eigenvalue weighted by atomic mass is 9.82. The molecule has 4 N–H and O–H groups in total. The second kappa shape index (κ2) is 5.20. The summed E-state index contributed by atoms with van der Waals surface area (Å²) in [5.41, 5.74) is 6.61. The van der Waals surface area contributed by atoms with Gasteiger partial charge in [0.2, 0.25) is 11.8 Å². The Balaban J connectivity index is 1.99. The Morgan fingerprint density at radius 3 is 2.39 bits per heavy atom. The van der Waals surface area contributed by atoms with Crippen molar-refractivity contribution in [2.24, 2.45) is 11.7 Å². The Bertz CT molecular complexity index is 735. The van der Waals surface area contributed by atoms with Crippen molar-refractivity contribution in [3.8, 4) is 0 Å². The Morgan fingerprint density at radius 2 is 1.91 bits per heavy atom. The maximum Gasteiger partial charge on any atom is 0.352 e. The average Bonchev–Trinajstić information content (AvgIpc) is 2.82. The third-order valence-electron chi connectivity index (χ3n) is 4.45. The first-order valence-corrected chi connectivity index (χ1v) is 7.20. The summed E-state index contributed by atoms with van der Waals surface area (Å²) in [5.74, 6) is -2.69. The van der Waals surface area contributed by atoms with Crippen LogP contribution in [0.3, 0.4) is 0 Å². The summed E-state index contributed by atoms with van der Waals surface area (Å²) < 4.78 is 0. The largest absolute Gasteiger partial charge is 0.477 e. The number of rotatable bonds is 4. The van der Waals surface area contributed by atoms with E-state index in [2.05, 4.69) is 0 Å². The minimum absolute atomic E-state index is 0.0521. The minimum atomic E-state index is -1.18. The number of nitrogens with zero attached hydrogens (tertiary/aromatic N) is 1. The second-order valence-corrected chi connectivity index (χ2v) is 5.82. The van der Waals surface area contributed by atoms with Gasteiger partial charge in [-0.2, -0.15) is 0 Å². The van der Waals surface area contributed by atoms with Crippen molar-refractivity contribution in [1.82, 2.24) is 4.90 Å². The number of fused-ring (bicyclic) bond motifs is 1. The van der Waals surface area contributed by atoms with Crippen molar-refractivity contribution >= 4 is 23.4 Å². The molecule has 2 aliphatic rings. The minimum Gasteiger partial charge on any atom is -0.477 e. The van der Waals surface area contributed by atoms with E-state index in [4.69, 9.17) is 5.73 Å². The Morgan fingerprint density at radius 1 is 1.30 bits per heavy atom. The molecule has 0 spiro atoms. The number of carbonyl (C=O) groups excluding carboxylic acids is 2. The van der Waals surface area contributed by atoms with Gasteiger partial charge < -0.3 is 20.8 Å². The first-order chi connectivity index (χ1) is 10.8. The molecule has 120 valence electrons. The maximum atomic E-state index is 12.1. The quantitative estimate of drug-likeness (QED) is 0.685. The molecule has 7 heteroatoms. The fourth-order valence-corrected chi connectivity index (χ4v) is 3.36. The highest BCUT2D eigenvalue weighted by molar-refractivity contribution is 6.06. The molecular weight excluding hydrogens is 300 g/mol. The number of aliphatic carboxylic acids is 1. The molecule has 3 rings (SSSR count). The lowest BCUT2D eigenvalue weighted by Crippen LogP contribution is -2.61. The summed E-state index contributed by atoms with van der Waals surface area (Å²) in [6.07, 6.45) is -0.464. The van der Waals surface area contributed by atoms with Gasteiger partial charge in [0, 0.05) is 5.56 Å². The predicted octanol–water partition coefficient (Wildman–Crippen LogP) is 0.193. The van der Waals surface area contributed by atoms with Crippen LogP contribution in [0.25, 0.3) is 5.57 Å². The lowest BCUT2D eigenvalue weighted by molar-refractivity contribution is -0.161. The molecule has 2 heterocycles. The van der Waals surface area contributed by atoms with Gasteiger partial charge in [-0.3, -0.25) is 9.59 Å². The summed E-state index contributed by atoms with van der Waals surface area (Å²) in [7, 11) is 0. The molecule has 23 heavy (non-hydrogen) atoms. The number of carboxylic acids is 1. The van der Waals surface area contributed by atoms with Crippen LogP contribution in [-0.2, 0) is 9.59 Å². The van der Waals surface area contributed by atoms with Crippen LogP contribution in [0, 0.1) is 5.92 Å². The molecule has 2 amide bonds. The molecule has 0 aromatic heterocycles. The van der Waals surface area contributed by atoms with Gasteiger partial charge in [0.05, 0.1) is 18.1 Å². The predicted molar refractivity (Wildman–Crippen MR) is 79.9 cm³/mol. The first kappa shape index (κ1) is 15.2. The van der Waals surface area contributed by atoms with E-state index >= 15 is 0 Å². The van der Waals surface area contributed by atoms with Crippen molar-refractivity contribution in [1.29, 1.82) is 0 Å². The van der Waals surface area contributed by atoms with Crippen molar-refractivity contribution in [2.45, 2.75) is 25.5 Å². The average molecular weight is 316 g/mol. The highest BCUT2D eigenvalue weighted by Crippen LogP contribution is 2.46. The standard InChI is InChI=1S/C16H16N2O5/c1-7(19)12-11-6-10(13(16(22)23)18(11)15(12)21)8-2-4-9(5-3-8)14(17)20/h2-5,7,11-12,19H,6H2,1H3,(H2,17,20)(H,22,23)/t7-,11-,12-/m1/s1. The van der Waals surface area contributed by atoms with E-state index in [-0.39, 0.29) is 17.6 Å². The summed E-state index contributed by atoms with van der Waals surface area (Å²) in [6, 6.07) is 5.94. The van der Waals surface area contributed by atoms with E-state index in [1.165, 1.54) is 24.0 Å². The number of β-lactam (4-membered cyclic amide) rings is 1. The number of aliphatic hydroxyl groups is 1. The zero-order valence-electron chi connectivity index (χ0n) is 12.4.